The largest absolute Gasteiger partial charge is 0.491 e. The van der Waals surface area contributed by atoms with E-state index in [9.17, 15) is 0 Å². The number of nitrogens with zero attached hydrogens (tertiary/aromatic N) is 2. The Hall–Kier alpha value is -2.12. The van der Waals surface area contributed by atoms with Crippen LogP contribution in [0.1, 0.15) is 34.9 Å². The molecule has 0 bridgehead atoms. The molecule has 0 amide bonds. The predicted molar refractivity (Wildman–Crippen MR) is 117 cm³/mol. The van der Waals surface area contributed by atoms with Crippen LogP contribution < -0.4 is 15.4 Å². The van der Waals surface area contributed by atoms with Crippen LogP contribution in [0, 0.1) is 6.92 Å². The summed E-state index contributed by atoms with van der Waals surface area (Å²) >= 11 is 1.78. The summed E-state index contributed by atoms with van der Waals surface area (Å²) in [6, 6.07) is 6.25. The van der Waals surface area contributed by atoms with Crippen LogP contribution in [0.25, 0.3) is 0 Å². The molecule has 0 atom stereocenters. The van der Waals surface area contributed by atoms with Crippen molar-refractivity contribution in [2.24, 2.45) is 4.99 Å². The zero-order valence-electron chi connectivity index (χ0n) is 17.4. The summed E-state index contributed by atoms with van der Waals surface area (Å²) in [5, 5.41) is 7.87. The molecule has 2 rings (SSSR count). The van der Waals surface area contributed by atoms with Gasteiger partial charge in [-0.25, -0.2) is 4.98 Å². The van der Waals surface area contributed by atoms with Crippen molar-refractivity contribution in [1.29, 1.82) is 0 Å². The van der Waals surface area contributed by atoms with Crippen molar-refractivity contribution < 1.29 is 9.47 Å². The van der Waals surface area contributed by atoms with Crippen LogP contribution >= 0.6 is 11.3 Å². The summed E-state index contributed by atoms with van der Waals surface area (Å²) in [6.45, 7) is 9.48. The van der Waals surface area contributed by atoms with Crippen LogP contribution in [0.5, 0.6) is 5.75 Å². The maximum absolute atomic E-state index is 5.91. The van der Waals surface area contributed by atoms with E-state index in [1.165, 1.54) is 10.4 Å². The lowest BCUT2D eigenvalue weighted by Gasteiger charge is -2.15. The van der Waals surface area contributed by atoms with Crippen LogP contribution in [0.3, 0.4) is 0 Å². The minimum absolute atomic E-state index is 0.546. The Morgan fingerprint density at radius 3 is 2.79 bits per heavy atom. The van der Waals surface area contributed by atoms with Gasteiger partial charge in [0.05, 0.1) is 11.6 Å². The van der Waals surface area contributed by atoms with E-state index < -0.39 is 0 Å². The van der Waals surface area contributed by atoms with Gasteiger partial charge in [-0.15, -0.1) is 11.3 Å². The molecule has 1 heterocycles. The Morgan fingerprint density at radius 2 is 2.07 bits per heavy atom. The average Bonchev–Trinajstić information content (AvgIpc) is 3.17. The maximum atomic E-state index is 5.91. The Kier molecular flexibility index (Phi) is 9.79. The molecule has 0 aliphatic carbocycles. The van der Waals surface area contributed by atoms with Crippen molar-refractivity contribution in [2.75, 3.05) is 33.4 Å². The Balaban J connectivity index is 1.83. The lowest BCUT2D eigenvalue weighted by atomic mass is 10.1. The molecule has 0 fully saturated rings. The van der Waals surface area contributed by atoms with Crippen molar-refractivity contribution >= 4 is 17.3 Å². The summed E-state index contributed by atoms with van der Waals surface area (Å²) < 4.78 is 11.3. The van der Waals surface area contributed by atoms with Crippen LogP contribution in [0.15, 0.2) is 29.4 Å². The average molecular weight is 405 g/mol. The maximum Gasteiger partial charge on any atom is 0.191 e. The lowest BCUT2D eigenvalue weighted by molar-refractivity contribution is 0.110. The molecule has 2 aromatic rings. The van der Waals surface area contributed by atoms with Crippen LogP contribution in [0.4, 0.5) is 0 Å². The van der Waals surface area contributed by atoms with Crippen molar-refractivity contribution in [3.8, 4) is 5.75 Å². The highest BCUT2D eigenvalue weighted by Gasteiger charge is 2.07. The molecule has 0 unspecified atom stereocenters. The number of nitrogens with one attached hydrogen (secondary N) is 2. The molecule has 6 nitrogen and oxygen atoms in total. The number of hydrogen-bond donors (Lipinski definition) is 2. The second-order valence-electron chi connectivity index (χ2n) is 6.33. The molecule has 0 aliphatic heterocycles. The number of guanidine groups is 1. The molecule has 2 N–H and O–H groups in total. The molecular weight excluding hydrogens is 372 g/mol. The van der Waals surface area contributed by atoms with E-state index in [0.29, 0.717) is 26.4 Å². The predicted octanol–water partition coefficient (Wildman–Crippen LogP) is 3.34. The van der Waals surface area contributed by atoms with Gasteiger partial charge in [0.25, 0.3) is 0 Å². The van der Waals surface area contributed by atoms with Gasteiger partial charge in [0.1, 0.15) is 12.4 Å². The first-order chi connectivity index (χ1) is 13.7. The molecule has 0 saturated heterocycles. The summed E-state index contributed by atoms with van der Waals surface area (Å²) in [5.41, 5.74) is 2.27. The van der Waals surface area contributed by atoms with E-state index in [1.807, 2.05) is 13.1 Å². The van der Waals surface area contributed by atoms with Gasteiger partial charge in [0.2, 0.25) is 0 Å². The number of aryl methyl sites for hydroxylation is 2. The minimum Gasteiger partial charge on any atom is -0.491 e. The number of benzene rings is 1. The van der Waals surface area contributed by atoms with E-state index in [1.54, 1.807) is 18.4 Å². The second kappa shape index (κ2) is 12.4. The molecule has 0 saturated carbocycles. The van der Waals surface area contributed by atoms with Gasteiger partial charge in [0, 0.05) is 49.8 Å². The van der Waals surface area contributed by atoms with E-state index in [0.717, 1.165) is 41.7 Å². The summed E-state index contributed by atoms with van der Waals surface area (Å²) in [6.07, 6.45) is 3.90. The van der Waals surface area contributed by atoms with E-state index in [4.69, 9.17) is 9.47 Å². The molecule has 7 heteroatoms. The third-order valence-electron chi connectivity index (χ3n) is 4.16. The molecule has 154 valence electrons. The van der Waals surface area contributed by atoms with Crippen molar-refractivity contribution in [2.45, 2.75) is 40.2 Å². The highest BCUT2D eigenvalue weighted by Crippen LogP contribution is 2.20. The first kappa shape index (κ1) is 22.2. The highest BCUT2D eigenvalue weighted by molar-refractivity contribution is 7.11. The highest BCUT2D eigenvalue weighted by atomic mass is 32.1. The fourth-order valence-electron chi connectivity index (χ4n) is 2.61. The summed E-state index contributed by atoms with van der Waals surface area (Å²) in [7, 11) is 1.78. The van der Waals surface area contributed by atoms with Crippen molar-refractivity contribution in [3.63, 3.8) is 0 Å². The first-order valence-electron chi connectivity index (χ1n) is 9.84. The summed E-state index contributed by atoms with van der Waals surface area (Å²) in [4.78, 5) is 10.1. The quantitative estimate of drug-likeness (QED) is 0.342. The number of hydrogen-bond acceptors (Lipinski definition) is 5. The molecule has 0 aliphatic rings. The SMILES string of the molecule is CCOCCOc1cc(C)ccc1CNC(=NC)NCCc1ncc(CC)s1. The fraction of sp³-hybridized carbons (Fsp3) is 0.524. The van der Waals surface area contributed by atoms with Gasteiger partial charge in [-0.1, -0.05) is 19.1 Å². The molecule has 0 spiro atoms. The standard InChI is InChI=1S/C21H32N4O2S/c1-5-18-15-24-20(28-18)9-10-23-21(22-4)25-14-17-8-7-16(3)13-19(17)27-12-11-26-6-2/h7-8,13,15H,5-6,9-12,14H2,1-4H3,(H2,22,23,25). The number of ether oxygens (including phenoxy) is 2. The van der Waals surface area contributed by atoms with E-state index in [-0.39, 0.29) is 0 Å². The number of aromatic nitrogens is 1. The van der Waals surface area contributed by atoms with Crippen molar-refractivity contribution in [1.82, 2.24) is 15.6 Å². The molecule has 28 heavy (non-hydrogen) atoms. The molecule has 1 aromatic heterocycles. The zero-order chi connectivity index (χ0) is 20.2. The van der Waals surface area contributed by atoms with E-state index >= 15 is 0 Å². The monoisotopic (exact) mass is 404 g/mol. The number of thiazole rings is 1. The minimum atomic E-state index is 0.546. The number of aliphatic imine (C=N–C) groups is 1. The normalized spacial score (nSPS) is 11.5. The second-order valence-corrected chi connectivity index (χ2v) is 7.53. The topological polar surface area (TPSA) is 67.8 Å². The van der Waals surface area contributed by atoms with Crippen LogP contribution in [-0.4, -0.2) is 44.4 Å². The van der Waals surface area contributed by atoms with Gasteiger partial charge in [-0.2, -0.15) is 0 Å². The summed E-state index contributed by atoms with van der Waals surface area (Å²) in [5.74, 6) is 1.66. The molecular formula is C21H32N4O2S. The Bertz CT molecular complexity index is 746. The Morgan fingerprint density at radius 1 is 1.21 bits per heavy atom. The third kappa shape index (κ3) is 7.48. The van der Waals surface area contributed by atoms with Gasteiger partial charge in [0.15, 0.2) is 5.96 Å². The van der Waals surface area contributed by atoms with Gasteiger partial charge in [-0.05, 0) is 31.9 Å². The molecule has 0 radical (unpaired) electrons. The zero-order valence-corrected chi connectivity index (χ0v) is 18.2. The van der Waals surface area contributed by atoms with Crippen LogP contribution in [0.2, 0.25) is 0 Å². The van der Waals surface area contributed by atoms with Gasteiger partial charge < -0.3 is 20.1 Å². The van der Waals surface area contributed by atoms with Gasteiger partial charge in [-0.3, -0.25) is 4.99 Å². The Labute approximate surface area is 172 Å². The molecule has 1 aromatic carbocycles. The van der Waals surface area contributed by atoms with Crippen LogP contribution in [-0.2, 0) is 24.1 Å². The lowest BCUT2D eigenvalue weighted by Crippen LogP contribution is -2.37. The van der Waals surface area contributed by atoms with E-state index in [2.05, 4.69) is 52.7 Å². The van der Waals surface area contributed by atoms with Crippen molar-refractivity contribution in [3.05, 3.63) is 45.4 Å². The first-order valence-corrected chi connectivity index (χ1v) is 10.7. The number of rotatable bonds is 11. The van der Waals surface area contributed by atoms with Gasteiger partial charge >= 0.3 is 0 Å². The fourth-order valence-corrected chi connectivity index (χ4v) is 3.47. The smallest absolute Gasteiger partial charge is 0.191 e. The third-order valence-corrected chi connectivity index (χ3v) is 5.36.